The van der Waals surface area contributed by atoms with Crippen molar-refractivity contribution < 1.29 is 27.9 Å². The van der Waals surface area contributed by atoms with Gasteiger partial charge in [0.15, 0.2) is 11.5 Å². The summed E-state index contributed by atoms with van der Waals surface area (Å²) in [4.78, 5) is 29.8. The fourth-order valence-corrected chi connectivity index (χ4v) is 3.87. The first-order valence-corrected chi connectivity index (χ1v) is 11.9. The lowest BCUT2D eigenvalue weighted by Gasteiger charge is -2.31. The first-order chi connectivity index (χ1) is 17.4. The van der Waals surface area contributed by atoms with Crippen LogP contribution in [-0.4, -0.2) is 55.0 Å². The Balaban J connectivity index is 1.81. The van der Waals surface area contributed by atoms with Gasteiger partial charge in [-0.2, -0.15) is 0 Å². The summed E-state index contributed by atoms with van der Waals surface area (Å²) in [5, 5.41) is 0. The van der Waals surface area contributed by atoms with Gasteiger partial charge in [0.1, 0.15) is 18.1 Å². The van der Waals surface area contributed by atoms with Crippen molar-refractivity contribution in [2.75, 3.05) is 27.3 Å². The van der Waals surface area contributed by atoms with Gasteiger partial charge in [-0.05, 0) is 61.7 Å². The van der Waals surface area contributed by atoms with E-state index in [0.29, 0.717) is 36.6 Å². The van der Waals surface area contributed by atoms with Gasteiger partial charge in [-0.25, -0.2) is 4.39 Å². The Kier molecular flexibility index (Phi) is 9.50. The predicted octanol–water partition coefficient (Wildman–Crippen LogP) is 4.95. The van der Waals surface area contributed by atoms with E-state index in [2.05, 4.69) is 0 Å². The topological polar surface area (TPSA) is 72.2 Å². The number of amides is 2. The highest BCUT2D eigenvalue weighted by molar-refractivity contribution is 5.97. The number of hydrogen-bond donors (Lipinski definition) is 0. The number of rotatable bonds is 12. The number of methoxy groups -OCH3 is 2. The highest BCUT2D eigenvalue weighted by atomic mass is 19.1. The largest absolute Gasteiger partial charge is 0.493 e. The number of halogens is 1. The summed E-state index contributed by atoms with van der Waals surface area (Å²) in [6.45, 7) is 4.24. The summed E-state index contributed by atoms with van der Waals surface area (Å²) in [5.74, 6) is 0.499. The van der Waals surface area contributed by atoms with Crippen molar-refractivity contribution in [1.82, 2.24) is 9.80 Å². The van der Waals surface area contributed by atoms with E-state index in [0.717, 1.165) is 5.56 Å². The molecule has 36 heavy (non-hydrogen) atoms. The Morgan fingerprint density at radius 3 is 2.42 bits per heavy atom. The van der Waals surface area contributed by atoms with Crippen molar-refractivity contribution >= 4 is 11.8 Å². The van der Waals surface area contributed by atoms with Crippen LogP contribution in [0.4, 0.5) is 4.39 Å². The van der Waals surface area contributed by atoms with E-state index in [1.165, 1.54) is 23.1 Å². The Bertz CT molecular complexity index is 1150. The molecule has 0 aliphatic heterocycles. The summed E-state index contributed by atoms with van der Waals surface area (Å²) < 4.78 is 30.5. The molecule has 7 nitrogen and oxygen atoms in total. The standard InChI is InChI=1S/C28H33FN2O5/c1-5-20(2)31(28(33)23-10-6-7-11-24(23)29)19-27(32)30(18-22-9-8-16-36-22)15-14-21-12-13-25(34-3)26(17-21)35-4/h6-13,16-17,20H,5,14-15,18-19H2,1-4H3. The zero-order valence-corrected chi connectivity index (χ0v) is 21.2. The number of carbonyl (C=O) groups is 2. The average Bonchev–Trinajstić information content (AvgIpc) is 3.42. The molecule has 3 aromatic rings. The van der Waals surface area contributed by atoms with Gasteiger partial charge in [-0.3, -0.25) is 9.59 Å². The van der Waals surface area contributed by atoms with Crippen LogP contribution in [0, 0.1) is 5.82 Å². The number of benzene rings is 2. The molecule has 0 N–H and O–H groups in total. The van der Waals surface area contributed by atoms with E-state index in [4.69, 9.17) is 13.9 Å². The number of nitrogens with zero attached hydrogens (tertiary/aromatic N) is 2. The molecule has 2 amide bonds. The van der Waals surface area contributed by atoms with Gasteiger partial charge in [0.05, 0.1) is 32.6 Å². The molecule has 192 valence electrons. The fourth-order valence-electron chi connectivity index (χ4n) is 3.87. The molecule has 0 bridgehead atoms. The lowest BCUT2D eigenvalue weighted by atomic mass is 10.1. The normalized spacial score (nSPS) is 11.6. The molecule has 1 atom stereocenters. The van der Waals surface area contributed by atoms with Crippen LogP contribution < -0.4 is 9.47 Å². The maximum absolute atomic E-state index is 14.4. The quantitative estimate of drug-likeness (QED) is 0.355. The lowest BCUT2D eigenvalue weighted by molar-refractivity contribution is -0.133. The van der Waals surface area contributed by atoms with Gasteiger partial charge in [0.25, 0.3) is 5.91 Å². The van der Waals surface area contributed by atoms with Crippen LogP contribution in [0.15, 0.2) is 65.3 Å². The van der Waals surface area contributed by atoms with Gasteiger partial charge in [-0.1, -0.05) is 25.1 Å². The smallest absolute Gasteiger partial charge is 0.257 e. The average molecular weight is 497 g/mol. The Hall–Kier alpha value is -3.81. The molecule has 0 fully saturated rings. The second-order valence-corrected chi connectivity index (χ2v) is 8.50. The Morgan fingerprint density at radius 1 is 1.03 bits per heavy atom. The summed E-state index contributed by atoms with van der Waals surface area (Å²) in [7, 11) is 3.15. The molecule has 1 aromatic heterocycles. The van der Waals surface area contributed by atoms with Gasteiger partial charge >= 0.3 is 0 Å². The SMILES string of the molecule is CCC(C)N(CC(=O)N(CCc1ccc(OC)c(OC)c1)Cc1ccco1)C(=O)c1ccccc1F. The van der Waals surface area contributed by atoms with E-state index in [-0.39, 0.29) is 30.6 Å². The second-order valence-electron chi connectivity index (χ2n) is 8.50. The van der Waals surface area contributed by atoms with Crippen molar-refractivity contribution in [1.29, 1.82) is 0 Å². The molecule has 1 unspecified atom stereocenters. The van der Waals surface area contributed by atoms with Gasteiger partial charge in [0, 0.05) is 12.6 Å². The van der Waals surface area contributed by atoms with Crippen LogP contribution in [0.2, 0.25) is 0 Å². The zero-order valence-electron chi connectivity index (χ0n) is 21.2. The van der Waals surface area contributed by atoms with Crippen molar-refractivity contribution in [2.24, 2.45) is 0 Å². The third-order valence-electron chi connectivity index (χ3n) is 6.19. The lowest BCUT2D eigenvalue weighted by Crippen LogP contribution is -2.47. The highest BCUT2D eigenvalue weighted by Crippen LogP contribution is 2.28. The molecular formula is C28H33FN2O5. The molecule has 0 aliphatic rings. The third kappa shape index (κ3) is 6.65. The van der Waals surface area contributed by atoms with Crippen molar-refractivity contribution in [3.63, 3.8) is 0 Å². The third-order valence-corrected chi connectivity index (χ3v) is 6.19. The molecule has 0 saturated heterocycles. The summed E-state index contributed by atoms with van der Waals surface area (Å²) in [6.07, 6.45) is 2.73. The minimum atomic E-state index is -0.607. The Labute approximate surface area is 211 Å². The van der Waals surface area contributed by atoms with Gasteiger partial charge in [0.2, 0.25) is 5.91 Å². The van der Waals surface area contributed by atoms with Gasteiger partial charge in [-0.15, -0.1) is 0 Å². The van der Waals surface area contributed by atoms with E-state index in [1.54, 1.807) is 43.6 Å². The molecule has 1 heterocycles. The molecule has 0 saturated carbocycles. The maximum atomic E-state index is 14.4. The van der Waals surface area contributed by atoms with E-state index in [9.17, 15) is 14.0 Å². The van der Waals surface area contributed by atoms with Crippen LogP contribution in [0.25, 0.3) is 0 Å². The fraction of sp³-hybridized carbons (Fsp3) is 0.357. The van der Waals surface area contributed by atoms with E-state index >= 15 is 0 Å². The second kappa shape index (κ2) is 12.8. The van der Waals surface area contributed by atoms with Crippen LogP contribution in [-0.2, 0) is 17.8 Å². The van der Waals surface area contributed by atoms with Crippen LogP contribution >= 0.6 is 0 Å². The van der Waals surface area contributed by atoms with Crippen LogP contribution in [0.3, 0.4) is 0 Å². The summed E-state index contributed by atoms with van der Waals surface area (Å²) in [5.41, 5.74) is 0.916. The molecular weight excluding hydrogens is 463 g/mol. The zero-order chi connectivity index (χ0) is 26.1. The minimum Gasteiger partial charge on any atom is -0.493 e. The molecule has 0 spiro atoms. The number of ether oxygens (including phenoxy) is 2. The molecule has 0 aliphatic carbocycles. The molecule has 8 heteroatoms. The Morgan fingerprint density at radius 2 is 1.78 bits per heavy atom. The predicted molar refractivity (Wildman–Crippen MR) is 135 cm³/mol. The van der Waals surface area contributed by atoms with Gasteiger partial charge < -0.3 is 23.7 Å². The number of carbonyl (C=O) groups excluding carboxylic acids is 2. The number of furan rings is 1. The molecule has 0 radical (unpaired) electrons. The van der Waals surface area contributed by atoms with Crippen LogP contribution in [0.1, 0.15) is 41.9 Å². The first-order valence-electron chi connectivity index (χ1n) is 11.9. The van der Waals surface area contributed by atoms with Crippen molar-refractivity contribution in [3.8, 4) is 11.5 Å². The summed E-state index contributed by atoms with van der Waals surface area (Å²) in [6, 6.07) is 14.8. The summed E-state index contributed by atoms with van der Waals surface area (Å²) >= 11 is 0. The first kappa shape index (κ1) is 26.8. The maximum Gasteiger partial charge on any atom is 0.257 e. The highest BCUT2D eigenvalue weighted by Gasteiger charge is 2.27. The van der Waals surface area contributed by atoms with E-state index < -0.39 is 11.7 Å². The van der Waals surface area contributed by atoms with Crippen LogP contribution in [0.5, 0.6) is 11.5 Å². The monoisotopic (exact) mass is 496 g/mol. The van der Waals surface area contributed by atoms with E-state index in [1.807, 2.05) is 32.0 Å². The molecule has 3 rings (SSSR count). The van der Waals surface area contributed by atoms with Crippen molar-refractivity contribution in [3.05, 3.63) is 83.6 Å². The minimum absolute atomic E-state index is 0.0477. The molecule has 2 aromatic carbocycles. The number of hydrogen-bond acceptors (Lipinski definition) is 5. The van der Waals surface area contributed by atoms with Crippen molar-refractivity contribution in [2.45, 2.75) is 39.3 Å².